The second-order valence-corrected chi connectivity index (χ2v) is 7.42. The molecule has 0 spiro atoms. The van der Waals surface area contributed by atoms with Gasteiger partial charge in [0.1, 0.15) is 5.15 Å². The van der Waals surface area contributed by atoms with E-state index in [1.54, 1.807) is 0 Å². The molecule has 2 aliphatic rings. The van der Waals surface area contributed by atoms with Gasteiger partial charge in [-0.1, -0.05) is 11.6 Å². The van der Waals surface area contributed by atoms with Crippen molar-refractivity contribution < 1.29 is 13.2 Å². The van der Waals surface area contributed by atoms with Gasteiger partial charge in [-0.3, -0.25) is 0 Å². The molecule has 22 heavy (non-hydrogen) atoms. The molecule has 122 valence electrons. The van der Waals surface area contributed by atoms with Crippen molar-refractivity contribution in [3.05, 3.63) is 10.7 Å². The number of fused-ring (bicyclic) bond motifs is 1. The third-order valence-corrected chi connectivity index (χ3v) is 5.66. The van der Waals surface area contributed by atoms with Gasteiger partial charge in [-0.05, 0) is 13.3 Å². The molecular weight excluding hydrogens is 330 g/mol. The fraction of sp³-hybridized carbons (Fsp3) is 0.667. The summed E-state index contributed by atoms with van der Waals surface area (Å²) in [7, 11) is -2.22. The van der Waals surface area contributed by atoms with Crippen molar-refractivity contribution in [3.63, 3.8) is 0 Å². The Hall–Kier alpha value is -1.16. The largest absolute Gasteiger partial charge is 0.377 e. The van der Waals surface area contributed by atoms with Gasteiger partial charge in [-0.25, -0.2) is 14.0 Å². The van der Waals surface area contributed by atoms with Gasteiger partial charge in [-0.15, -0.1) is 0 Å². The maximum absolute atomic E-state index is 12.1. The van der Waals surface area contributed by atoms with Crippen LogP contribution in [0.2, 0.25) is 5.15 Å². The molecule has 1 saturated heterocycles. The Morgan fingerprint density at radius 2 is 2.14 bits per heavy atom. The summed E-state index contributed by atoms with van der Waals surface area (Å²) in [5.41, 5.74) is 0.671. The molecule has 1 atom stereocenters. The number of halogens is 1. The van der Waals surface area contributed by atoms with E-state index in [0.717, 1.165) is 0 Å². The second-order valence-electron chi connectivity index (χ2n) is 5.27. The van der Waals surface area contributed by atoms with E-state index in [-0.39, 0.29) is 6.04 Å². The number of aromatic nitrogens is 2. The van der Waals surface area contributed by atoms with Gasteiger partial charge in [0.25, 0.3) is 0 Å². The molecule has 0 saturated carbocycles. The Morgan fingerprint density at radius 3 is 2.82 bits per heavy atom. The molecular formula is C12H18ClN5O3S. The van der Waals surface area contributed by atoms with Crippen LogP contribution in [0, 0.1) is 0 Å². The molecule has 1 aromatic rings. The minimum absolute atomic E-state index is 0.110. The number of hydrogen-bond donors (Lipinski definition) is 1. The van der Waals surface area contributed by atoms with Crippen LogP contribution in [0.3, 0.4) is 0 Å². The van der Waals surface area contributed by atoms with Crippen molar-refractivity contribution in [1.29, 1.82) is 0 Å². The molecule has 0 amide bonds. The van der Waals surface area contributed by atoms with Crippen LogP contribution in [0.25, 0.3) is 0 Å². The minimum atomic E-state index is -3.60. The minimum Gasteiger partial charge on any atom is -0.377 e. The zero-order valence-corrected chi connectivity index (χ0v) is 14.0. The number of hydrogen-bond acceptors (Lipinski definition) is 6. The summed E-state index contributed by atoms with van der Waals surface area (Å²) in [4.78, 5) is 10.8. The first-order valence-corrected chi connectivity index (χ1v) is 8.88. The van der Waals surface area contributed by atoms with Crippen molar-refractivity contribution in [2.75, 3.05) is 42.6 Å². The average Bonchev–Trinajstić information content (AvgIpc) is 2.93. The van der Waals surface area contributed by atoms with Crippen molar-refractivity contribution in [3.8, 4) is 0 Å². The van der Waals surface area contributed by atoms with Crippen LogP contribution in [0.5, 0.6) is 0 Å². The summed E-state index contributed by atoms with van der Waals surface area (Å²) >= 11 is 6.25. The first kappa shape index (κ1) is 15.7. The van der Waals surface area contributed by atoms with Gasteiger partial charge in [-0.2, -0.15) is 13.4 Å². The number of rotatable bonds is 3. The monoisotopic (exact) mass is 347 g/mol. The average molecular weight is 348 g/mol. The highest BCUT2D eigenvalue weighted by Gasteiger charge is 2.34. The molecule has 2 aliphatic heterocycles. The lowest BCUT2D eigenvalue weighted by Gasteiger charge is -2.33. The third kappa shape index (κ3) is 2.62. The number of nitrogens with one attached hydrogen (secondary N) is 1. The second kappa shape index (κ2) is 5.80. The standard InChI is InChI=1S/C12H18ClN5O3S/c1-8-7-21-6-5-17(8)12-15-10(13)9-3-4-18(11(9)16-12)22(19,20)14-2/h8,14H,3-7H2,1-2H3/t8-/m1/s1. The van der Waals surface area contributed by atoms with E-state index >= 15 is 0 Å². The summed E-state index contributed by atoms with van der Waals surface area (Å²) < 4.78 is 33.2. The van der Waals surface area contributed by atoms with Crippen molar-refractivity contribution >= 4 is 33.6 Å². The SMILES string of the molecule is CNS(=O)(=O)N1CCc2c(Cl)nc(N3CCOC[C@H]3C)nc21. The van der Waals surface area contributed by atoms with Gasteiger partial charge in [0, 0.05) is 25.7 Å². The number of anilines is 2. The molecule has 0 bridgehead atoms. The van der Waals surface area contributed by atoms with Gasteiger partial charge in [0.15, 0.2) is 5.82 Å². The molecule has 0 radical (unpaired) electrons. The molecule has 1 N–H and O–H groups in total. The van der Waals surface area contributed by atoms with Gasteiger partial charge in [0.2, 0.25) is 5.95 Å². The fourth-order valence-corrected chi connectivity index (χ4v) is 3.86. The van der Waals surface area contributed by atoms with Crippen LogP contribution in [0.15, 0.2) is 0 Å². The highest BCUT2D eigenvalue weighted by Crippen LogP contribution is 2.34. The highest BCUT2D eigenvalue weighted by molar-refractivity contribution is 7.90. The Morgan fingerprint density at radius 1 is 1.36 bits per heavy atom. The first-order valence-electron chi connectivity index (χ1n) is 7.06. The molecule has 3 rings (SSSR count). The Kier molecular flexibility index (Phi) is 4.15. The number of morpholine rings is 1. The maximum atomic E-state index is 12.1. The molecule has 1 aromatic heterocycles. The fourth-order valence-electron chi connectivity index (χ4n) is 2.67. The van der Waals surface area contributed by atoms with Gasteiger partial charge < -0.3 is 9.64 Å². The lowest BCUT2D eigenvalue weighted by atomic mass is 10.2. The predicted octanol–water partition coefficient (Wildman–Crippen LogP) is 0.182. The van der Waals surface area contributed by atoms with Crippen molar-refractivity contribution in [1.82, 2.24) is 14.7 Å². The Balaban J connectivity index is 2.03. The quantitative estimate of drug-likeness (QED) is 0.785. The lowest BCUT2D eigenvalue weighted by molar-refractivity contribution is 0.0981. The normalized spacial score (nSPS) is 22.0. The van der Waals surface area contributed by atoms with Crippen LogP contribution in [0.1, 0.15) is 12.5 Å². The van der Waals surface area contributed by atoms with E-state index in [2.05, 4.69) is 14.7 Å². The zero-order chi connectivity index (χ0) is 15.9. The summed E-state index contributed by atoms with van der Waals surface area (Å²) in [5, 5.41) is 0.312. The van der Waals surface area contributed by atoms with Crippen LogP contribution in [-0.4, -0.2) is 57.8 Å². The maximum Gasteiger partial charge on any atom is 0.302 e. The molecule has 0 aromatic carbocycles. The predicted molar refractivity (Wildman–Crippen MR) is 83.7 cm³/mol. The van der Waals surface area contributed by atoms with E-state index in [1.165, 1.54) is 11.4 Å². The van der Waals surface area contributed by atoms with Crippen LogP contribution >= 0.6 is 11.6 Å². The van der Waals surface area contributed by atoms with Crippen LogP contribution in [0.4, 0.5) is 11.8 Å². The third-order valence-electron chi connectivity index (χ3n) is 3.90. The lowest BCUT2D eigenvalue weighted by Crippen LogP contribution is -2.45. The number of nitrogens with zero attached hydrogens (tertiary/aromatic N) is 4. The number of ether oxygens (including phenoxy) is 1. The van der Waals surface area contributed by atoms with E-state index in [1.807, 2.05) is 11.8 Å². The first-order chi connectivity index (χ1) is 10.4. The Labute approximate surface area is 134 Å². The van der Waals surface area contributed by atoms with E-state index < -0.39 is 10.2 Å². The van der Waals surface area contributed by atoms with Crippen molar-refractivity contribution in [2.24, 2.45) is 0 Å². The van der Waals surface area contributed by atoms with Gasteiger partial charge in [0.05, 0.1) is 19.3 Å². The zero-order valence-electron chi connectivity index (χ0n) is 12.4. The summed E-state index contributed by atoms with van der Waals surface area (Å²) in [6, 6.07) is 0.110. The van der Waals surface area contributed by atoms with E-state index in [4.69, 9.17) is 16.3 Å². The molecule has 8 nitrogen and oxygen atoms in total. The van der Waals surface area contributed by atoms with E-state index in [9.17, 15) is 8.42 Å². The van der Waals surface area contributed by atoms with Crippen molar-refractivity contribution in [2.45, 2.75) is 19.4 Å². The van der Waals surface area contributed by atoms with Crippen LogP contribution in [-0.2, 0) is 21.4 Å². The topological polar surface area (TPSA) is 87.7 Å². The Bertz CT molecular complexity index is 684. The van der Waals surface area contributed by atoms with Gasteiger partial charge >= 0.3 is 10.2 Å². The van der Waals surface area contributed by atoms with E-state index in [0.29, 0.717) is 55.2 Å². The summed E-state index contributed by atoms with van der Waals surface area (Å²) in [6.45, 7) is 4.13. The van der Waals surface area contributed by atoms with Crippen LogP contribution < -0.4 is 13.9 Å². The molecule has 3 heterocycles. The molecule has 0 unspecified atom stereocenters. The summed E-state index contributed by atoms with van der Waals surface area (Å²) in [6.07, 6.45) is 0.508. The smallest absolute Gasteiger partial charge is 0.302 e. The summed E-state index contributed by atoms with van der Waals surface area (Å²) in [5.74, 6) is 0.806. The highest BCUT2D eigenvalue weighted by atomic mass is 35.5. The molecule has 1 fully saturated rings. The molecule has 10 heteroatoms. The molecule has 0 aliphatic carbocycles.